The van der Waals surface area contributed by atoms with Gasteiger partial charge in [-0.05, 0) is 48.9 Å². The van der Waals surface area contributed by atoms with Crippen LogP contribution in [0.5, 0.6) is 0 Å². The van der Waals surface area contributed by atoms with Gasteiger partial charge in [0.2, 0.25) is 0 Å². The molecule has 1 aliphatic rings. The minimum absolute atomic E-state index is 0.00417. The number of halogens is 1. The van der Waals surface area contributed by atoms with Crippen molar-refractivity contribution in [1.82, 2.24) is 0 Å². The Morgan fingerprint density at radius 2 is 2.07 bits per heavy atom. The van der Waals surface area contributed by atoms with Crippen LogP contribution >= 0.6 is 0 Å². The van der Waals surface area contributed by atoms with Crippen molar-refractivity contribution in [1.29, 1.82) is 0 Å². The van der Waals surface area contributed by atoms with Gasteiger partial charge in [0.15, 0.2) is 5.78 Å². The molecule has 1 fully saturated rings. The molecule has 0 aliphatic heterocycles. The number of hydrogen-bond acceptors (Lipinski definition) is 1. The predicted molar refractivity (Wildman–Crippen MR) is 53.0 cm³/mol. The molecule has 0 aromatic heterocycles. The summed E-state index contributed by atoms with van der Waals surface area (Å²) in [5.74, 6) is -0.189. The minimum Gasteiger partial charge on any atom is -0.295 e. The van der Waals surface area contributed by atoms with Gasteiger partial charge in [-0.25, -0.2) is 4.39 Å². The molecule has 0 amide bonds. The lowest BCUT2D eigenvalue weighted by atomic mass is 9.95. The molecule has 2 rings (SSSR count). The highest BCUT2D eigenvalue weighted by Crippen LogP contribution is 2.48. The third-order valence-corrected chi connectivity index (χ3v) is 3.02. The molecule has 2 heteroatoms. The molecule has 0 bridgehead atoms. The second-order valence-electron chi connectivity index (χ2n) is 4.31. The fourth-order valence-corrected chi connectivity index (χ4v) is 1.66. The van der Waals surface area contributed by atoms with Gasteiger partial charge in [0.05, 0.1) is 0 Å². The molecular weight excluding hydrogens is 179 g/mol. The highest BCUT2D eigenvalue weighted by atomic mass is 19.1. The van der Waals surface area contributed by atoms with Crippen LogP contribution in [0.1, 0.15) is 42.6 Å². The van der Waals surface area contributed by atoms with E-state index in [9.17, 15) is 9.18 Å². The summed E-state index contributed by atoms with van der Waals surface area (Å²) in [7, 11) is 0. The van der Waals surface area contributed by atoms with Crippen molar-refractivity contribution in [3.63, 3.8) is 0 Å². The molecule has 0 unspecified atom stereocenters. The number of hydrogen-bond donors (Lipinski definition) is 0. The van der Waals surface area contributed by atoms with E-state index in [0.717, 1.165) is 12.8 Å². The van der Waals surface area contributed by atoms with Crippen LogP contribution in [0.4, 0.5) is 4.39 Å². The zero-order valence-electron chi connectivity index (χ0n) is 8.43. The van der Waals surface area contributed by atoms with Crippen LogP contribution in [0, 0.1) is 5.82 Å². The van der Waals surface area contributed by atoms with Crippen LogP contribution in [0.25, 0.3) is 0 Å². The molecule has 1 saturated carbocycles. The zero-order valence-corrected chi connectivity index (χ0v) is 8.43. The molecule has 0 N–H and O–H groups in total. The van der Waals surface area contributed by atoms with Crippen LogP contribution in [-0.4, -0.2) is 5.78 Å². The first-order chi connectivity index (χ1) is 6.53. The maximum absolute atomic E-state index is 13.5. The Labute approximate surface area is 82.9 Å². The summed E-state index contributed by atoms with van der Waals surface area (Å²) < 4.78 is 13.5. The Morgan fingerprint density at radius 3 is 2.57 bits per heavy atom. The largest absolute Gasteiger partial charge is 0.295 e. The maximum Gasteiger partial charge on any atom is 0.159 e. The van der Waals surface area contributed by atoms with Gasteiger partial charge in [-0.3, -0.25) is 4.79 Å². The maximum atomic E-state index is 13.5. The average Bonchev–Trinajstić information content (AvgIpc) is 2.85. The van der Waals surface area contributed by atoms with E-state index in [4.69, 9.17) is 0 Å². The Kier molecular flexibility index (Phi) is 1.95. The van der Waals surface area contributed by atoms with Crippen molar-refractivity contribution >= 4 is 5.78 Å². The third kappa shape index (κ3) is 1.45. The number of benzene rings is 1. The second kappa shape index (κ2) is 2.91. The van der Waals surface area contributed by atoms with E-state index in [1.807, 2.05) is 6.92 Å². The normalized spacial score (nSPS) is 17.9. The van der Waals surface area contributed by atoms with E-state index in [1.54, 1.807) is 12.1 Å². The van der Waals surface area contributed by atoms with Gasteiger partial charge >= 0.3 is 0 Å². The van der Waals surface area contributed by atoms with Crippen molar-refractivity contribution in [3.8, 4) is 0 Å². The van der Waals surface area contributed by atoms with E-state index in [2.05, 4.69) is 0 Å². The van der Waals surface area contributed by atoms with E-state index in [-0.39, 0.29) is 17.0 Å². The third-order valence-electron chi connectivity index (χ3n) is 3.02. The summed E-state index contributed by atoms with van der Waals surface area (Å²) in [6, 6.07) is 4.65. The number of carbonyl (C=O) groups is 1. The molecular formula is C12H13FO. The standard InChI is InChI=1S/C12H13FO/c1-8(14)9-3-4-11(13)10(7-9)12(2)5-6-12/h3-4,7H,5-6H2,1-2H3. The fraction of sp³-hybridized carbons (Fsp3) is 0.417. The average molecular weight is 192 g/mol. The molecule has 1 aromatic carbocycles. The molecule has 1 aliphatic carbocycles. The highest BCUT2D eigenvalue weighted by Gasteiger charge is 2.41. The first-order valence-electron chi connectivity index (χ1n) is 4.84. The van der Waals surface area contributed by atoms with Gasteiger partial charge in [-0.2, -0.15) is 0 Å². The van der Waals surface area contributed by atoms with E-state index >= 15 is 0 Å². The van der Waals surface area contributed by atoms with Crippen molar-refractivity contribution in [2.75, 3.05) is 0 Å². The molecule has 0 spiro atoms. The summed E-state index contributed by atoms with van der Waals surface area (Å²) >= 11 is 0. The SMILES string of the molecule is CC(=O)c1ccc(F)c(C2(C)CC2)c1. The Morgan fingerprint density at radius 1 is 1.43 bits per heavy atom. The van der Waals surface area contributed by atoms with Gasteiger partial charge in [0.1, 0.15) is 5.82 Å². The summed E-state index contributed by atoms with van der Waals surface area (Å²) in [6.07, 6.45) is 2.04. The highest BCUT2D eigenvalue weighted by molar-refractivity contribution is 5.94. The summed E-state index contributed by atoms with van der Waals surface area (Å²) in [4.78, 5) is 11.1. The number of Topliss-reactive ketones (excluding diaryl/α,β-unsaturated/α-hetero) is 1. The van der Waals surface area contributed by atoms with Gasteiger partial charge in [0.25, 0.3) is 0 Å². The molecule has 74 valence electrons. The quantitative estimate of drug-likeness (QED) is 0.658. The lowest BCUT2D eigenvalue weighted by Crippen LogP contribution is -2.05. The smallest absolute Gasteiger partial charge is 0.159 e. The van der Waals surface area contributed by atoms with Crippen LogP contribution in [0.3, 0.4) is 0 Å². The second-order valence-corrected chi connectivity index (χ2v) is 4.31. The van der Waals surface area contributed by atoms with Crippen LogP contribution in [-0.2, 0) is 5.41 Å². The van der Waals surface area contributed by atoms with Crippen molar-refractivity contribution in [3.05, 3.63) is 35.1 Å². The van der Waals surface area contributed by atoms with E-state index in [0.29, 0.717) is 11.1 Å². The van der Waals surface area contributed by atoms with Gasteiger partial charge in [-0.15, -0.1) is 0 Å². The predicted octanol–water partition coefficient (Wildman–Crippen LogP) is 3.08. The van der Waals surface area contributed by atoms with E-state index < -0.39 is 0 Å². The molecule has 0 atom stereocenters. The van der Waals surface area contributed by atoms with Crippen LogP contribution in [0.15, 0.2) is 18.2 Å². The number of ketones is 1. The van der Waals surface area contributed by atoms with Crippen molar-refractivity contribution < 1.29 is 9.18 Å². The topological polar surface area (TPSA) is 17.1 Å². The fourth-order valence-electron chi connectivity index (χ4n) is 1.66. The Balaban J connectivity index is 2.48. The van der Waals surface area contributed by atoms with Gasteiger partial charge in [0, 0.05) is 5.56 Å². The first-order valence-corrected chi connectivity index (χ1v) is 4.84. The first kappa shape index (κ1) is 9.38. The summed E-state index contributed by atoms with van der Waals surface area (Å²) in [6.45, 7) is 3.54. The van der Waals surface area contributed by atoms with Gasteiger partial charge < -0.3 is 0 Å². The minimum atomic E-state index is -0.185. The Bertz CT molecular complexity index is 391. The van der Waals surface area contributed by atoms with Gasteiger partial charge in [-0.1, -0.05) is 6.92 Å². The summed E-state index contributed by atoms with van der Waals surface area (Å²) in [5.41, 5.74) is 1.29. The molecule has 0 saturated heterocycles. The molecule has 1 nitrogen and oxygen atoms in total. The van der Waals surface area contributed by atoms with Crippen LogP contribution < -0.4 is 0 Å². The van der Waals surface area contributed by atoms with E-state index in [1.165, 1.54) is 13.0 Å². The monoisotopic (exact) mass is 192 g/mol. The molecule has 0 radical (unpaired) electrons. The zero-order chi connectivity index (χ0) is 10.3. The van der Waals surface area contributed by atoms with Crippen LogP contribution in [0.2, 0.25) is 0 Å². The molecule has 1 aromatic rings. The van der Waals surface area contributed by atoms with Crippen molar-refractivity contribution in [2.24, 2.45) is 0 Å². The number of carbonyl (C=O) groups excluding carboxylic acids is 1. The summed E-state index contributed by atoms with van der Waals surface area (Å²) in [5, 5.41) is 0. The molecule has 14 heavy (non-hydrogen) atoms. The molecule has 0 heterocycles. The lowest BCUT2D eigenvalue weighted by molar-refractivity contribution is 0.101. The van der Waals surface area contributed by atoms with Crippen molar-refractivity contribution in [2.45, 2.75) is 32.1 Å². The number of rotatable bonds is 2. The lowest BCUT2D eigenvalue weighted by Gasteiger charge is -2.10. The Hall–Kier alpha value is -1.18.